The highest BCUT2D eigenvalue weighted by Gasteiger charge is 2.21. The molecule has 1 aromatic rings. The molecule has 0 aliphatic carbocycles. The summed E-state index contributed by atoms with van der Waals surface area (Å²) in [5.74, 6) is -0.702. The zero-order valence-corrected chi connectivity index (χ0v) is 10.7. The number of piperidine rings is 1. The maximum absolute atomic E-state index is 13.3. The molecule has 2 N–H and O–H groups in total. The fourth-order valence-electron chi connectivity index (χ4n) is 2.00. The molecular formula is C11H16FN3O2S. The molecule has 0 amide bonds. The van der Waals surface area contributed by atoms with Crippen LogP contribution in [-0.4, -0.2) is 31.7 Å². The van der Waals surface area contributed by atoms with Gasteiger partial charge in [-0.3, -0.25) is 9.71 Å². The second kappa shape index (κ2) is 5.62. The van der Waals surface area contributed by atoms with Crippen LogP contribution in [0.5, 0.6) is 0 Å². The fraction of sp³-hybridized carbons (Fsp3) is 0.545. The van der Waals surface area contributed by atoms with Crippen molar-refractivity contribution in [3.63, 3.8) is 0 Å². The van der Waals surface area contributed by atoms with E-state index in [0.717, 1.165) is 32.0 Å². The van der Waals surface area contributed by atoms with Gasteiger partial charge in [-0.15, -0.1) is 0 Å². The third kappa shape index (κ3) is 3.64. The smallest absolute Gasteiger partial charge is 0.234 e. The Labute approximate surface area is 106 Å². The molecule has 1 aliphatic heterocycles. The summed E-state index contributed by atoms with van der Waals surface area (Å²) in [6.45, 7) is 0.837. The van der Waals surface area contributed by atoms with Gasteiger partial charge in [-0.05, 0) is 25.5 Å². The van der Waals surface area contributed by atoms with E-state index in [2.05, 4.69) is 15.0 Å². The SMILES string of the molecule is O=S(=O)(CC1CCCCN1)Nc1ccncc1F. The topological polar surface area (TPSA) is 71.1 Å². The molecule has 0 saturated carbocycles. The van der Waals surface area contributed by atoms with E-state index in [1.807, 2.05) is 0 Å². The van der Waals surface area contributed by atoms with Gasteiger partial charge in [-0.1, -0.05) is 6.42 Å². The molecule has 1 fully saturated rings. The van der Waals surface area contributed by atoms with Crippen LogP contribution in [-0.2, 0) is 10.0 Å². The van der Waals surface area contributed by atoms with E-state index in [4.69, 9.17) is 0 Å². The van der Waals surface area contributed by atoms with Crippen LogP contribution < -0.4 is 10.0 Å². The van der Waals surface area contributed by atoms with E-state index < -0.39 is 15.8 Å². The first-order valence-electron chi connectivity index (χ1n) is 5.90. The van der Waals surface area contributed by atoms with Gasteiger partial charge in [0.15, 0.2) is 5.82 Å². The molecule has 100 valence electrons. The van der Waals surface area contributed by atoms with Crippen LogP contribution in [0.1, 0.15) is 19.3 Å². The number of nitrogens with one attached hydrogen (secondary N) is 2. The van der Waals surface area contributed by atoms with Crippen molar-refractivity contribution in [1.82, 2.24) is 10.3 Å². The van der Waals surface area contributed by atoms with Crippen molar-refractivity contribution in [2.24, 2.45) is 0 Å². The van der Waals surface area contributed by atoms with E-state index in [1.54, 1.807) is 0 Å². The van der Waals surface area contributed by atoms with Crippen molar-refractivity contribution in [2.45, 2.75) is 25.3 Å². The van der Waals surface area contributed by atoms with Crippen LogP contribution in [0.25, 0.3) is 0 Å². The molecule has 1 atom stereocenters. The van der Waals surface area contributed by atoms with Crippen molar-refractivity contribution >= 4 is 15.7 Å². The molecule has 0 spiro atoms. The number of anilines is 1. The average molecular weight is 273 g/mol. The molecule has 1 aliphatic rings. The largest absolute Gasteiger partial charge is 0.313 e. The molecule has 0 bridgehead atoms. The third-order valence-electron chi connectivity index (χ3n) is 2.87. The van der Waals surface area contributed by atoms with E-state index in [1.165, 1.54) is 12.3 Å². The number of pyridine rings is 1. The Hall–Kier alpha value is -1.21. The number of halogens is 1. The second-order valence-corrected chi connectivity index (χ2v) is 6.15. The maximum Gasteiger partial charge on any atom is 0.234 e. The second-order valence-electron chi connectivity index (χ2n) is 4.39. The lowest BCUT2D eigenvalue weighted by molar-refractivity contribution is 0.424. The molecule has 7 heteroatoms. The summed E-state index contributed by atoms with van der Waals surface area (Å²) in [7, 11) is -3.54. The number of hydrogen-bond donors (Lipinski definition) is 2. The number of aromatic nitrogens is 1. The van der Waals surface area contributed by atoms with Gasteiger partial charge in [0.25, 0.3) is 0 Å². The molecular weight excluding hydrogens is 257 g/mol. The third-order valence-corrected chi connectivity index (χ3v) is 4.24. The Kier molecular flexibility index (Phi) is 4.13. The van der Waals surface area contributed by atoms with Crippen molar-refractivity contribution < 1.29 is 12.8 Å². The summed E-state index contributed by atoms with van der Waals surface area (Å²) in [6, 6.07) is 1.25. The molecule has 5 nitrogen and oxygen atoms in total. The first kappa shape index (κ1) is 13.2. The highest BCUT2D eigenvalue weighted by atomic mass is 32.2. The summed E-state index contributed by atoms with van der Waals surface area (Å²) in [6.07, 6.45) is 5.26. The summed E-state index contributed by atoms with van der Waals surface area (Å²) >= 11 is 0. The standard InChI is InChI=1S/C11H16FN3O2S/c12-10-7-13-6-4-11(10)15-18(16,17)8-9-3-1-2-5-14-9/h4,6-7,9,14H,1-3,5,8H2,(H,13,15). The predicted molar refractivity (Wildman–Crippen MR) is 67.2 cm³/mol. The van der Waals surface area contributed by atoms with Crippen molar-refractivity contribution in [3.8, 4) is 0 Å². The zero-order chi connectivity index (χ0) is 13.0. The zero-order valence-electron chi connectivity index (χ0n) is 9.89. The number of nitrogens with zero attached hydrogens (tertiary/aromatic N) is 1. The summed E-state index contributed by atoms with van der Waals surface area (Å²) < 4.78 is 39.3. The molecule has 2 rings (SSSR count). The van der Waals surface area contributed by atoms with Crippen LogP contribution in [0.2, 0.25) is 0 Å². The Morgan fingerprint density at radius 3 is 3.00 bits per heavy atom. The highest BCUT2D eigenvalue weighted by molar-refractivity contribution is 7.92. The molecule has 0 aromatic carbocycles. The molecule has 18 heavy (non-hydrogen) atoms. The van der Waals surface area contributed by atoms with Gasteiger partial charge < -0.3 is 5.32 Å². The van der Waals surface area contributed by atoms with Gasteiger partial charge in [-0.2, -0.15) is 0 Å². The minimum absolute atomic E-state index is 0.0330. The van der Waals surface area contributed by atoms with Gasteiger partial charge in [-0.25, -0.2) is 12.8 Å². The maximum atomic E-state index is 13.3. The molecule has 2 heterocycles. The number of hydrogen-bond acceptors (Lipinski definition) is 4. The monoisotopic (exact) mass is 273 g/mol. The molecule has 0 radical (unpaired) electrons. The number of sulfonamides is 1. The van der Waals surface area contributed by atoms with E-state index in [0.29, 0.717) is 0 Å². The number of rotatable bonds is 4. The summed E-state index contributed by atoms with van der Waals surface area (Å²) in [4.78, 5) is 3.57. The van der Waals surface area contributed by atoms with Gasteiger partial charge >= 0.3 is 0 Å². The lowest BCUT2D eigenvalue weighted by Crippen LogP contribution is -2.40. The van der Waals surface area contributed by atoms with Crippen LogP contribution >= 0.6 is 0 Å². The van der Waals surface area contributed by atoms with Gasteiger partial charge in [0.2, 0.25) is 10.0 Å². The lowest BCUT2D eigenvalue weighted by Gasteiger charge is -2.23. The predicted octanol–water partition coefficient (Wildman–Crippen LogP) is 1.10. The Bertz CT molecular complexity index is 501. The van der Waals surface area contributed by atoms with E-state index in [9.17, 15) is 12.8 Å². The van der Waals surface area contributed by atoms with Crippen molar-refractivity contribution in [2.75, 3.05) is 17.0 Å². The van der Waals surface area contributed by atoms with Gasteiger partial charge in [0.05, 0.1) is 17.6 Å². The highest BCUT2D eigenvalue weighted by Crippen LogP contribution is 2.15. The van der Waals surface area contributed by atoms with Crippen LogP contribution in [0, 0.1) is 5.82 Å². The van der Waals surface area contributed by atoms with Crippen molar-refractivity contribution in [1.29, 1.82) is 0 Å². The van der Waals surface area contributed by atoms with Crippen LogP contribution in [0.4, 0.5) is 10.1 Å². The fourth-order valence-corrected chi connectivity index (χ4v) is 3.40. The average Bonchev–Trinajstić information content (AvgIpc) is 2.32. The Balaban J connectivity index is 2.01. The first-order valence-corrected chi connectivity index (χ1v) is 7.55. The summed E-state index contributed by atoms with van der Waals surface area (Å²) in [5, 5.41) is 3.15. The van der Waals surface area contributed by atoms with E-state index in [-0.39, 0.29) is 17.5 Å². The van der Waals surface area contributed by atoms with Gasteiger partial charge in [0.1, 0.15) is 0 Å². The minimum Gasteiger partial charge on any atom is -0.313 e. The Morgan fingerprint density at radius 2 is 2.33 bits per heavy atom. The van der Waals surface area contributed by atoms with Crippen LogP contribution in [0.15, 0.2) is 18.5 Å². The molecule has 1 saturated heterocycles. The van der Waals surface area contributed by atoms with Crippen molar-refractivity contribution in [3.05, 3.63) is 24.3 Å². The Morgan fingerprint density at radius 1 is 1.50 bits per heavy atom. The summed E-state index contributed by atoms with van der Waals surface area (Å²) in [5.41, 5.74) is -0.0548. The van der Waals surface area contributed by atoms with E-state index >= 15 is 0 Å². The van der Waals surface area contributed by atoms with Gasteiger partial charge in [0, 0.05) is 12.2 Å². The lowest BCUT2D eigenvalue weighted by atomic mass is 10.1. The molecule has 1 unspecified atom stereocenters. The van der Waals surface area contributed by atoms with Crippen LogP contribution in [0.3, 0.4) is 0 Å². The first-order chi connectivity index (χ1) is 8.57. The normalized spacial score (nSPS) is 20.6. The quantitative estimate of drug-likeness (QED) is 0.862. The minimum atomic E-state index is -3.54. The molecule has 1 aromatic heterocycles.